The molecule has 2 saturated heterocycles. The van der Waals surface area contributed by atoms with E-state index in [2.05, 4.69) is 36.6 Å². The molecule has 4 aliphatic rings. The third-order valence-electron chi connectivity index (χ3n) is 10.4. The average Bonchev–Trinajstić information content (AvgIpc) is 3.66. The number of anilines is 1. The van der Waals surface area contributed by atoms with Crippen LogP contribution in [0.3, 0.4) is 0 Å². The van der Waals surface area contributed by atoms with Gasteiger partial charge in [-0.25, -0.2) is 0 Å². The maximum absolute atomic E-state index is 14.4. The summed E-state index contributed by atoms with van der Waals surface area (Å²) in [7, 11) is 1.59. The second-order valence-corrected chi connectivity index (χ2v) is 12.9. The van der Waals surface area contributed by atoms with Crippen LogP contribution in [0.5, 0.6) is 5.75 Å². The average molecular weight is 586 g/mol. The molecule has 8 nitrogen and oxygen atoms in total. The van der Waals surface area contributed by atoms with Crippen LogP contribution in [0.15, 0.2) is 66.7 Å². The zero-order valence-electron chi connectivity index (χ0n) is 25.5. The SMILES string of the molecule is COc1ccc(NC(=O)[C@@H]2[C@@H]3C=C[C@]4(O3)[C@@H]2C(=O)N([C@H](C)CCc2ccccc2)[C@H]4C(=O)N[C@@H]2CCC[C@H](C)[C@@H]2C)cc1. The summed E-state index contributed by atoms with van der Waals surface area (Å²) in [5, 5.41) is 6.33. The summed E-state index contributed by atoms with van der Waals surface area (Å²) in [6.45, 7) is 6.45. The highest BCUT2D eigenvalue weighted by Gasteiger charge is 2.73. The number of carbonyl (C=O) groups excluding carboxylic acids is 3. The van der Waals surface area contributed by atoms with Gasteiger partial charge in [0.2, 0.25) is 17.7 Å². The smallest absolute Gasteiger partial charge is 0.246 e. The van der Waals surface area contributed by atoms with Crippen LogP contribution < -0.4 is 15.4 Å². The topological polar surface area (TPSA) is 97.0 Å². The second-order valence-electron chi connectivity index (χ2n) is 12.9. The minimum atomic E-state index is -1.18. The first-order chi connectivity index (χ1) is 20.7. The van der Waals surface area contributed by atoms with Crippen molar-refractivity contribution in [2.45, 2.75) is 82.7 Å². The lowest BCUT2D eigenvalue weighted by atomic mass is 9.73. The van der Waals surface area contributed by atoms with Gasteiger partial charge >= 0.3 is 0 Å². The minimum Gasteiger partial charge on any atom is -0.497 e. The molecule has 9 atom stereocenters. The third-order valence-corrected chi connectivity index (χ3v) is 10.4. The maximum Gasteiger partial charge on any atom is 0.246 e. The number of nitrogens with one attached hydrogen (secondary N) is 2. The number of carbonyl (C=O) groups is 3. The lowest BCUT2D eigenvalue weighted by Gasteiger charge is -2.39. The fourth-order valence-corrected chi connectivity index (χ4v) is 7.79. The zero-order valence-corrected chi connectivity index (χ0v) is 25.5. The lowest BCUT2D eigenvalue weighted by Crippen LogP contribution is -2.59. The monoisotopic (exact) mass is 585 g/mol. The lowest BCUT2D eigenvalue weighted by molar-refractivity contribution is -0.144. The standard InChI is InChI=1S/C35H43N3O5/c1-21-9-8-12-27(23(21)3)37-33(40)31-35-20-19-28(43-35)29(32(39)36-25-15-17-26(42-4)18-16-25)30(35)34(41)38(31)22(2)13-14-24-10-6-5-7-11-24/h5-7,10-11,15-23,27-31H,8-9,12-14H2,1-4H3,(H,36,39)(H,37,40)/t21-,22+,23-,27+,28-,29+,30-,31-,35-/m0/s1. The maximum atomic E-state index is 14.4. The van der Waals surface area contributed by atoms with Gasteiger partial charge in [0.1, 0.15) is 17.4 Å². The van der Waals surface area contributed by atoms with Crippen molar-refractivity contribution in [3.8, 4) is 5.75 Å². The quantitative estimate of drug-likeness (QED) is 0.414. The predicted octanol–water partition coefficient (Wildman–Crippen LogP) is 4.75. The molecule has 3 fully saturated rings. The number of benzene rings is 2. The van der Waals surface area contributed by atoms with Crippen LogP contribution >= 0.6 is 0 Å². The van der Waals surface area contributed by atoms with E-state index in [9.17, 15) is 14.4 Å². The van der Waals surface area contributed by atoms with Gasteiger partial charge in [-0.3, -0.25) is 14.4 Å². The molecular formula is C35H43N3O5. The summed E-state index contributed by atoms with van der Waals surface area (Å²) in [5.74, 6) is -0.639. The number of amides is 3. The van der Waals surface area contributed by atoms with E-state index >= 15 is 0 Å². The molecule has 2 N–H and O–H groups in total. The van der Waals surface area contributed by atoms with Gasteiger partial charge in [-0.1, -0.05) is 69.2 Å². The minimum absolute atomic E-state index is 0.0417. The molecule has 6 rings (SSSR count). The molecule has 1 aliphatic carbocycles. The number of ether oxygens (including phenoxy) is 2. The van der Waals surface area contributed by atoms with Crippen LogP contribution in [0.4, 0.5) is 5.69 Å². The van der Waals surface area contributed by atoms with Crippen molar-refractivity contribution in [1.82, 2.24) is 10.2 Å². The molecule has 1 saturated carbocycles. The van der Waals surface area contributed by atoms with Crippen LogP contribution in [0, 0.1) is 23.7 Å². The molecule has 2 aromatic rings. The Hall–Kier alpha value is -3.65. The Balaban J connectivity index is 1.29. The first-order valence-electron chi connectivity index (χ1n) is 15.7. The van der Waals surface area contributed by atoms with E-state index < -0.39 is 29.6 Å². The van der Waals surface area contributed by atoms with Crippen LogP contribution in [0.1, 0.15) is 52.0 Å². The van der Waals surface area contributed by atoms with E-state index in [0.29, 0.717) is 29.7 Å². The molecule has 3 amide bonds. The van der Waals surface area contributed by atoms with Crippen molar-refractivity contribution in [2.24, 2.45) is 23.7 Å². The molecule has 0 radical (unpaired) electrons. The molecule has 0 aromatic heterocycles. The van der Waals surface area contributed by atoms with E-state index in [4.69, 9.17) is 9.47 Å². The Kier molecular flexibility index (Phi) is 8.07. The van der Waals surface area contributed by atoms with Gasteiger partial charge in [-0.05, 0) is 67.9 Å². The Morgan fingerprint density at radius 2 is 1.81 bits per heavy atom. The van der Waals surface area contributed by atoms with Gasteiger partial charge in [-0.15, -0.1) is 0 Å². The Labute approximate surface area is 254 Å². The molecule has 3 heterocycles. The van der Waals surface area contributed by atoms with Crippen LogP contribution in [-0.2, 0) is 25.5 Å². The molecule has 3 aliphatic heterocycles. The summed E-state index contributed by atoms with van der Waals surface area (Å²) in [6, 6.07) is 16.2. The van der Waals surface area contributed by atoms with Gasteiger partial charge in [-0.2, -0.15) is 0 Å². The number of hydrogen-bond acceptors (Lipinski definition) is 5. The number of fused-ring (bicyclic) bond motifs is 1. The molecule has 2 aromatic carbocycles. The molecule has 228 valence electrons. The van der Waals surface area contributed by atoms with E-state index in [0.717, 1.165) is 25.7 Å². The highest BCUT2D eigenvalue weighted by molar-refractivity contribution is 6.03. The van der Waals surface area contributed by atoms with Crippen LogP contribution in [-0.4, -0.2) is 59.6 Å². The van der Waals surface area contributed by atoms with Crippen molar-refractivity contribution < 1.29 is 23.9 Å². The number of likely N-dealkylation sites (tertiary alicyclic amines) is 1. The van der Waals surface area contributed by atoms with Crippen molar-refractivity contribution >= 4 is 23.4 Å². The Morgan fingerprint density at radius 1 is 1.07 bits per heavy atom. The fourth-order valence-electron chi connectivity index (χ4n) is 7.79. The molecule has 0 unspecified atom stereocenters. The zero-order chi connectivity index (χ0) is 30.3. The van der Waals surface area contributed by atoms with Gasteiger partial charge in [0.15, 0.2) is 0 Å². The van der Waals surface area contributed by atoms with Crippen LogP contribution in [0.2, 0.25) is 0 Å². The fraction of sp³-hybridized carbons (Fsp3) is 0.514. The van der Waals surface area contributed by atoms with Crippen molar-refractivity contribution in [2.75, 3.05) is 12.4 Å². The van der Waals surface area contributed by atoms with Crippen molar-refractivity contribution in [3.05, 3.63) is 72.3 Å². The third kappa shape index (κ3) is 5.24. The molecule has 2 bridgehead atoms. The molecule has 8 heteroatoms. The summed E-state index contributed by atoms with van der Waals surface area (Å²) >= 11 is 0. The van der Waals surface area contributed by atoms with Crippen molar-refractivity contribution in [3.63, 3.8) is 0 Å². The van der Waals surface area contributed by atoms with E-state index in [1.807, 2.05) is 37.3 Å². The highest BCUT2D eigenvalue weighted by atomic mass is 16.5. The molecule has 43 heavy (non-hydrogen) atoms. The Morgan fingerprint density at radius 3 is 2.53 bits per heavy atom. The molecular weight excluding hydrogens is 542 g/mol. The molecule has 1 spiro atoms. The Bertz CT molecular complexity index is 1380. The largest absolute Gasteiger partial charge is 0.497 e. The highest BCUT2D eigenvalue weighted by Crippen LogP contribution is 2.56. The second kappa shape index (κ2) is 11.8. The first kappa shape index (κ1) is 29.4. The predicted molar refractivity (Wildman–Crippen MR) is 164 cm³/mol. The van der Waals surface area contributed by atoms with Crippen molar-refractivity contribution in [1.29, 1.82) is 0 Å². The first-order valence-corrected chi connectivity index (χ1v) is 15.7. The normalized spacial score (nSPS) is 33.3. The van der Waals surface area contributed by atoms with Gasteiger partial charge in [0.05, 0.1) is 25.0 Å². The number of rotatable bonds is 9. The van der Waals surface area contributed by atoms with E-state index in [1.54, 1.807) is 36.3 Å². The number of nitrogens with zero attached hydrogens (tertiary/aromatic N) is 1. The summed E-state index contributed by atoms with van der Waals surface area (Å²) in [6.07, 6.45) is 7.79. The number of aryl methyl sites for hydroxylation is 1. The van der Waals surface area contributed by atoms with Gasteiger partial charge < -0.3 is 25.0 Å². The number of methoxy groups -OCH3 is 1. The summed E-state index contributed by atoms with van der Waals surface area (Å²) in [5.41, 5.74) is 0.609. The summed E-state index contributed by atoms with van der Waals surface area (Å²) in [4.78, 5) is 44.3. The van der Waals surface area contributed by atoms with Crippen LogP contribution in [0.25, 0.3) is 0 Å². The van der Waals surface area contributed by atoms with E-state index in [1.165, 1.54) is 5.56 Å². The number of hydrogen-bond donors (Lipinski definition) is 2. The van der Waals surface area contributed by atoms with Gasteiger partial charge in [0, 0.05) is 17.8 Å². The van der Waals surface area contributed by atoms with E-state index in [-0.39, 0.29) is 29.8 Å². The van der Waals surface area contributed by atoms with Gasteiger partial charge in [0.25, 0.3) is 0 Å². The summed E-state index contributed by atoms with van der Waals surface area (Å²) < 4.78 is 11.8.